The number of phenolic OH excluding ortho intramolecular Hbond substituents is 1. The van der Waals surface area contributed by atoms with Crippen LogP contribution in [-0.2, 0) is 16.6 Å². The van der Waals surface area contributed by atoms with Gasteiger partial charge in [0, 0.05) is 0 Å². The third-order valence-corrected chi connectivity index (χ3v) is 3.37. The van der Waals surface area contributed by atoms with Crippen molar-refractivity contribution in [1.82, 2.24) is 25.3 Å². The van der Waals surface area contributed by atoms with Crippen LogP contribution in [0.3, 0.4) is 0 Å². The van der Waals surface area contributed by atoms with Gasteiger partial charge in [-0.3, -0.25) is 0 Å². The zero-order chi connectivity index (χ0) is 12.3. The fourth-order valence-electron chi connectivity index (χ4n) is 1.13. The number of aromatic nitrogens is 4. The van der Waals surface area contributed by atoms with E-state index in [-0.39, 0.29) is 23.0 Å². The van der Waals surface area contributed by atoms with Gasteiger partial charge in [-0.25, -0.2) is 13.1 Å². The Labute approximate surface area is 96.7 Å². The molecule has 0 radical (unpaired) electrons. The van der Waals surface area contributed by atoms with Gasteiger partial charge in [0.1, 0.15) is 5.75 Å². The number of nitrogens with zero attached hydrogens (tertiary/aromatic N) is 3. The number of sulfonamides is 1. The van der Waals surface area contributed by atoms with E-state index in [4.69, 9.17) is 5.11 Å². The summed E-state index contributed by atoms with van der Waals surface area (Å²) in [5.74, 6) is 0.245. The summed E-state index contributed by atoms with van der Waals surface area (Å²) in [5.41, 5.74) is 0. The Kier molecular flexibility index (Phi) is 3.02. The summed E-state index contributed by atoms with van der Waals surface area (Å²) in [5, 5.41) is 21.8. The van der Waals surface area contributed by atoms with Crippen LogP contribution in [0.15, 0.2) is 29.2 Å². The molecule has 90 valence electrons. The van der Waals surface area contributed by atoms with Crippen LogP contribution in [0.25, 0.3) is 0 Å². The number of aromatic amines is 1. The maximum atomic E-state index is 11.8. The second-order valence-electron chi connectivity index (χ2n) is 3.15. The lowest BCUT2D eigenvalue weighted by molar-refractivity contribution is 0.474. The Morgan fingerprint density at radius 3 is 2.59 bits per heavy atom. The smallest absolute Gasteiger partial charge is 0.240 e. The maximum absolute atomic E-state index is 11.8. The molecule has 0 amide bonds. The van der Waals surface area contributed by atoms with E-state index in [1.54, 1.807) is 0 Å². The van der Waals surface area contributed by atoms with E-state index in [0.717, 1.165) is 0 Å². The van der Waals surface area contributed by atoms with Crippen LogP contribution >= 0.6 is 0 Å². The Balaban J connectivity index is 2.11. The van der Waals surface area contributed by atoms with Crippen LogP contribution in [0, 0.1) is 0 Å². The minimum absolute atomic E-state index is 0.00196. The summed E-state index contributed by atoms with van der Waals surface area (Å²) < 4.78 is 25.8. The lowest BCUT2D eigenvalue weighted by Crippen LogP contribution is -2.23. The third-order valence-electron chi connectivity index (χ3n) is 1.96. The van der Waals surface area contributed by atoms with E-state index in [1.165, 1.54) is 24.3 Å². The van der Waals surface area contributed by atoms with Gasteiger partial charge in [-0.2, -0.15) is 5.21 Å². The second-order valence-corrected chi connectivity index (χ2v) is 4.91. The standard InChI is InChI=1S/C8H9N5O3S/c14-6-1-3-7(4-2-6)17(15,16)9-5-8-10-12-13-11-8/h1-4,9,14H,5H2,(H,10,11,12,13). The second kappa shape index (κ2) is 4.47. The van der Waals surface area contributed by atoms with E-state index in [1.807, 2.05) is 0 Å². The highest BCUT2D eigenvalue weighted by Gasteiger charge is 2.14. The van der Waals surface area contributed by atoms with Crippen LogP contribution in [0.2, 0.25) is 0 Å². The molecule has 0 aliphatic heterocycles. The normalized spacial score (nSPS) is 11.5. The zero-order valence-corrected chi connectivity index (χ0v) is 9.35. The first kappa shape index (κ1) is 11.5. The Bertz CT molecular complexity index is 578. The molecule has 0 fully saturated rings. The highest BCUT2D eigenvalue weighted by molar-refractivity contribution is 7.89. The summed E-state index contributed by atoms with van der Waals surface area (Å²) in [6.45, 7) is -0.0558. The molecule has 2 rings (SSSR count). The van der Waals surface area contributed by atoms with Crippen molar-refractivity contribution in [1.29, 1.82) is 0 Å². The minimum Gasteiger partial charge on any atom is -0.508 e. The number of aromatic hydroxyl groups is 1. The predicted octanol–water partition coefficient (Wildman–Crippen LogP) is -0.616. The molecule has 17 heavy (non-hydrogen) atoms. The molecule has 0 aliphatic rings. The molecule has 0 atom stereocenters. The van der Waals surface area contributed by atoms with Crippen molar-refractivity contribution in [2.75, 3.05) is 0 Å². The molecule has 0 spiro atoms. The van der Waals surface area contributed by atoms with Crippen molar-refractivity contribution in [2.24, 2.45) is 0 Å². The highest BCUT2D eigenvalue weighted by Crippen LogP contribution is 2.14. The van der Waals surface area contributed by atoms with Crippen LogP contribution in [-0.4, -0.2) is 34.1 Å². The van der Waals surface area contributed by atoms with E-state index in [0.29, 0.717) is 0 Å². The summed E-state index contributed by atoms with van der Waals surface area (Å²) in [7, 11) is -3.64. The molecule has 0 saturated carbocycles. The molecule has 0 aliphatic carbocycles. The quantitative estimate of drug-likeness (QED) is 0.669. The van der Waals surface area contributed by atoms with Gasteiger partial charge in [-0.15, -0.1) is 10.2 Å². The number of nitrogens with one attached hydrogen (secondary N) is 2. The maximum Gasteiger partial charge on any atom is 0.240 e. The number of benzene rings is 1. The van der Waals surface area contributed by atoms with Crippen molar-refractivity contribution in [2.45, 2.75) is 11.4 Å². The third kappa shape index (κ3) is 2.77. The number of tetrazole rings is 1. The van der Waals surface area contributed by atoms with Gasteiger partial charge >= 0.3 is 0 Å². The number of H-pyrrole nitrogens is 1. The van der Waals surface area contributed by atoms with Crippen molar-refractivity contribution in [3.05, 3.63) is 30.1 Å². The van der Waals surface area contributed by atoms with Crippen LogP contribution < -0.4 is 4.72 Å². The molecule has 2 aromatic rings. The molecule has 0 saturated heterocycles. The van der Waals surface area contributed by atoms with Gasteiger partial charge in [0.25, 0.3) is 0 Å². The first-order valence-electron chi connectivity index (χ1n) is 4.59. The average Bonchev–Trinajstić information content (AvgIpc) is 2.80. The Hall–Kier alpha value is -2.00. The summed E-state index contributed by atoms with van der Waals surface area (Å²) in [4.78, 5) is 0.0544. The summed E-state index contributed by atoms with van der Waals surface area (Å²) >= 11 is 0. The molecule has 0 unspecified atom stereocenters. The summed E-state index contributed by atoms with van der Waals surface area (Å²) in [6.07, 6.45) is 0. The molecule has 1 aromatic heterocycles. The lowest BCUT2D eigenvalue weighted by atomic mass is 10.3. The van der Waals surface area contributed by atoms with E-state index < -0.39 is 10.0 Å². The number of hydrogen-bond acceptors (Lipinski definition) is 6. The largest absolute Gasteiger partial charge is 0.508 e. The minimum atomic E-state index is -3.64. The number of hydrogen-bond donors (Lipinski definition) is 3. The van der Waals surface area contributed by atoms with Gasteiger partial charge in [0.2, 0.25) is 10.0 Å². The lowest BCUT2D eigenvalue weighted by Gasteiger charge is -2.04. The predicted molar refractivity (Wildman–Crippen MR) is 56.3 cm³/mol. The Morgan fingerprint density at radius 2 is 2.00 bits per heavy atom. The molecular formula is C8H9N5O3S. The van der Waals surface area contributed by atoms with Gasteiger partial charge in [-0.1, -0.05) is 5.21 Å². The monoisotopic (exact) mass is 255 g/mol. The van der Waals surface area contributed by atoms with Gasteiger partial charge in [-0.05, 0) is 24.3 Å². The van der Waals surface area contributed by atoms with Crippen molar-refractivity contribution in [3.63, 3.8) is 0 Å². The molecule has 3 N–H and O–H groups in total. The van der Waals surface area contributed by atoms with Crippen LogP contribution in [0.4, 0.5) is 0 Å². The first-order chi connectivity index (χ1) is 8.08. The zero-order valence-electron chi connectivity index (χ0n) is 8.53. The van der Waals surface area contributed by atoms with Crippen LogP contribution in [0.5, 0.6) is 5.75 Å². The van der Waals surface area contributed by atoms with Crippen molar-refractivity contribution >= 4 is 10.0 Å². The fourth-order valence-corrected chi connectivity index (χ4v) is 2.11. The Morgan fingerprint density at radius 1 is 1.29 bits per heavy atom. The molecule has 1 heterocycles. The van der Waals surface area contributed by atoms with Gasteiger partial charge in [0.15, 0.2) is 5.82 Å². The van der Waals surface area contributed by atoms with E-state index >= 15 is 0 Å². The molecule has 1 aromatic carbocycles. The van der Waals surface area contributed by atoms with E-state index in [9.17, 15) is 8.42 Å². The van der Waals surface area contributed by atoms with Gasteiger partial charge in [0.05, 0.1) is 11.4 Å². The average molecular weight is 255 g/mol. The molecule has 8 nitrogen and oxygen atoms in total. The first-order valence-corrected chi connectivity index (χ1v) is 6.07. The highest BCUT2D eigenvalue weighted by atomic mass is 32.2. The van der Waals surface area contributed by atoms with E-state index in [2.05, 4.69) is 25.3 Å². The number of rotatable bonds is 4. The molecular weight excluding hydrogens is 246 g/mol. The SMILES string of the molecule is O=S(=O)(NCc1nn[nH]n1)c1ccc(O)cc1. The topological polar surface area (TPSA) is 121 Å². The summed E-state index contributed by atoms with van der Waals surface area (Å²) in [6, 6.07) is 5.19. The fraction of sp³-hybridized carbons (Fsp3) is 0.125. The number of phenols is 1. The molecule has 9 heteroatoms. The molecule has 0 bridgehead atoms. The van der Waals surface area contributed by atoms with Crippen molar-refractivity contribution in [3.8, 4) is 5.75 Å². The van der Waals surface area contributed by atoms with Crippen LogP contribution in [0.1, 0.15) is 5.82 Å². The van der Waals surface area contributed by atoms with Crippen molar-refractivity contribution < 1.29 is 13.5 Å². The van der Waals surface area contributed by atoms with Gasteiger partial charge < -0.3 is 5.11 Å².